The van der Waals surface area contributed by atoms with Crippen molar-refractivity contribution >= 4 is 0 Å². The molecule has 0 amide bonds. The zero-order valence-corrected chi connectivity index (χ0v) is 13.2. The molecule has 0 spiro atoms. The average molecular weight is 292 g/mol. The van der Waals surface area contributed by atoms with Gasteiger partial charge in [-0.05, 0) is 50.3 Å². The van der Waals surface area contributed by atoms with Crippen LogP contribution in [-0.4, -0.2) is 48.4 Å². The van der Waals surface area contributed by atoms with Crippen molar-refractivity contribution in [3.05, 3.63) is 29.8 Å². The van der Waals surface area contributed by atoms with E-state index in [1.807, 2.05) is 12.1 Å². The Morgan fingerprint density at radius 2 is 2.10 bits per heavy atom. The van der Waals surface area contributed by atoms with E-state index in [2.05, 4.69) is 11.8 Å². The van der Waals surface area contributed by atoms with Gasteiger partial charge in [0.25, 0.3) is 0 Å². The van der Waals surface area contributed by atoms with Crippen LogP contribution in [0.15, 0.2) is 24.3 Å². The van der Waals surface area contributed by atoms with Crippen LogP contribution in [0.5, 0.6) is 5.75 Å². The minimum Gasteiger partial charge on any atom is -0.508 e. The lowest BCUT2D eigenvalue weighted by atomic mass is 9.95. The summed E-state index contributed by atoms with van der Waals surface area (Å²) in [5.41, 5.74) is 7.22. The maximum Gasteiger partial charge on any atom is 0.115 e. The predicted molar refractivity (Wildman–Crippen MR) is 85.5 cm³/mol. The molecule has 1 aromatic rings. The molecule has 118 valence electrons. The molecule has 0 bridgehead atoms. The van der Waals surface area contributed by atoms with Crippen molar-refractivity contribution in [3.8, 4) is 5.75 Å². The summed E-state index contributed by atoms with van der Waals surface area (Å²) in [5.74, 6) is 0.330. The van der Waals surface area contributed by atoms with Gasteiger partial charge in [0.2, 0.25) is 0 Å². The number of methoxy groups -OCH3 is 1. The van der Waals surface area contributed by atoms with E-state index in [0.717, 1.165) is 32.2 Å². The van der Waals surface area contributed by atoms with Crippen LogP contribution in [0.25, 0.3) is 0 Å². The van der Waals surface area contributed by atoms with Crippen molar-refractivity contribution in [1.29, 1.82) is 0 Å². The maximum atomic E-state index is 9.32. The third-order valence-electron chi connectivity index (χ3n) is 4.67. The summed E-state index contributed by atoms with van der Waals surface area (Å²) in [4.78, 5) is 2.54. The predicted octanol–water partition coefficient (Wildman–Crippen LogP) is 2.15. The van der Waals surface area contributed by atoms with Gasteiger partial charge in [0.1, 0.15) is 5.75 Å². The molecule has 1 heterocycles. The monoisotopic (exact) mass is 292 g/mol. The Morgan fingerprint density at radius 3 is 2.71 bits per heavy atom. The minimum atomic E-state index is 0.330. The van der Waals surface area contributed by atoms with Crippen molar-refractivity contribution in [1.82, 2.24) is 4.90 Å². The number of ether oxygens (including phenoxy) is 1. The number of likely N-dealkylation sites (tertiary alicyclic amines) is 1. The second-order valence-corrected chi connectivity index (χ2v) is 6.06. The topological polar surface area (TPSA) is 58.7 Å². The van der Waals surface area contributed by atoms with Crippen LogP contribution in [0.3, 0.4) is 0 Å². The maximum absolute atomic E-state index is 9.32. The molecule has 3 N–H and O–H groups in total. The van der Waals surface area contributed by atoms with E-state index in [1.54, 1.807) is 19.2 Å². The normalized spacial score (nSPS) is 24.9. The van der Waals surface area contributed by atoms with Gasteiger partial charge in [-0.3, -0.25) is 4.90 Å². The van der Waals surface area contributed by atoms with Crippen molar-refractivity contribution in [2.24, 2.45) is 5.73 Å². The van der Waals surface area contributed by atoms with E-state index in [1.165, 1.54) is 5.56 Å². The Hall–Kier alpha value is -1.10. The zero-order valence-electron chi connectivity index (χ0n) is 13.2. The van der Waals surface area contributed by atoms with Crippen LogP contribution in [0.2, 0.25) is 0 Å². The fourth-order valence-electron chi connectivity index (χ4n) is 3.26. The summed E-state index contributed by atoms with van der Waals surface area (Å²) in [6.45, 7) is 4.05. The Balaban J connectivity index is 1.87. The number of nitrogens with two attached hydrogens (primary N) is 1. The van der Waals surface area contributed by atoms with Gasteiger partial charge in [-0.25, -0.2) is 0 Å². The van der Waals surface area contributed by atoms with E-state index in [0.29, 0.717) is 30.5 Å². The number of hydrogen-bond donors (Lipinski definition) is 2. The van der Waals surface area contributed by atoms with E-state index in [-0.39, 0.29) is 0 Å². The summed E-state index contributed by atoms with van der Waals surface area (Å²) in [5, 5.41) is 9.32. The molecule has 3 unspecified atom stereocenters. The van der Waals surface area contributed by atoms with Gasteiger partial charge in [0, 0.05) is 32.3 Å². The number of rotatable bonds is 6. The first-order chi connectivity index (χ1) is 10.1. The number of aromatic hydroxyl groups is 1. The number of nitrogens with zero attached hydrogens (tertiary/aromatic N) is 1. The highest BCUT2D eigenvalue weighted by Gasteiger charge is 2.30. The van der Waals surface area contributed by atoms with Gasteiger partial charge in [0.15, 0.2) is 0 Å². The third-order valence-corrected chi connectivity index (χ3v) is 4.67. The summed E-state index contributed by atoms with van der Waals surface area (Å²) in [6, 6.07) is 8.46. The lowest BCUT2D eigenvalue weighted by molar-refractivity contribution is -0.00240. The molecule has 4 heteroatoms. The van der Waals surface area contributed by atoms with Crippen LogP contribution < -0.4 is 5.73 Å². The van der Waals surface area contributed by atoms with Crippen LogP contribution in [0.4, 0.5) is 0 Å². The number of hydrogen-bond acceptors (Lipinski definition) is 4. The minimum absolute atomic E-state index is 0.330. The molecular weight excluding hydrogens is 264 g/mol. The second-order valence-electron chi connectivity index (χ2n) is 6.06. The lowest BCUT2D eigenvalue weighted by Crippen LogP contribution is -2.52. The summed E-state index contributed by atoms with van der Waals surface area (Å²) in [7, 11) is 1.79. The van der Waals surface area contributed by atoms with Crippen LogP contribution in [0.1, 0.15) is 31.7 Å². The Kier molecular flexibility index (Phi) is 6.03. The first-order valence-corrected chi connectivity index (χ1v) is 7.90. The number of aryl methyl sites for hydroxylation is 1. The summed E-state index contributed by atoms with van der Waals surface area (Å²) in [6.07, 6.45) is 4.63. The van der Waals surface area contributed by atoms with Crippen molar-refractivity contribution in [2.45, 2.75) is 50.8 Å². The highest BCUT2D eigenvalue weighted by molar-refractivity contribution is 5.25. The SMILES string of the molecule is COC1CCN(C(C)CCc2ccc(O)cc2)C(CN)C1. The molecule has 1 aliphatic rings. The standard InChI is InChI=1S/C17H28N2O2/c1-13(3-4-14-5-7-16(20)8-6-14)19-10-9-17(21-2)11-15(19)12-18/h5-8,13,15,17,20H,3-4,9-12,18H2,1-2H3. The highest BCUT2D eigenvalue weighted by atomic mass is 16.5. The van der Waals surface area contributed by atoms with Gasteiger partial charge in [-0.1, -0.05) is 12.1 Å². The van der Waals surface area contributed by atoms with Crippen LogP contribution in [-0.2, 0) is 11.2 Å². The highest BCUT2D eigenvalue weighted by Crippen LogP contribution is 2.23. The largest absolute Gasteiger partial charge is 0.508 e. The number of phenols is 1. The van der Waals surface area contributed by atoms with E-state index < -0.39 is 0 Å². The molecule has 0 aromatic heterocycles. The van der Waals surface area contributed by atoms with Crippen LogP contribution >= 0.6 is 0 Å². The fraction of sp³-hybridized carbons (Fsp3) is 0.647. The molecule has 0 aliphatic carbocycles. The van der Waals surface area contributed by atoms with Gasteiger partial charge in [0.05, 0.1) is 6.10 Å². The molecule has 1 saturated heterocycles. The molecule has 0 saturated carbocycles. The van der Waals surface area contributed by atoms with E-state index in [9.17, 15) is 5.11 Å². The molecule has 21 heavy (non-hydrogen) atoms. The molecule has 1 fully saturated rings. The van der Waals surface area contributed by atoms with Gasteiger partial charge < -0.3 is 15.6 Å². The molecule has 4 nitrogen and oxygen atoms in total. The molecule has 2 rings (SSSR count). The first kappa shape index (κ1) is 16.3. The van der Waals surface area contributed by atoms with Crippen LogP contribution in [0, 0.1) is 0 Å². The zero-order chi connectivity index (χ0) is 15.2. The van der Waals surface area contributed by atoms with Crippen molar-refractivity contribution in [2.75, 3.05) is 20.2 Å². The summed E-state index contributed by atoms with van der Waals surface area (Å²) < 4.78 is 5.49. The number of benzene rings is 1. The average Bonchev–Trinajstić information content (AvgIpc) is 2.53. The third kappa shape index (κ3) is 4.43. The molecular formula is C17H28N2O2. The number of phenolic OH excluding ortho intramolecular Hbond substituents is 1. The Bertz CT molecular complexity index is 421. The molecule has 0 radical (unpaired) electrons. The van der Waals surface area contributed by atoms with Crippen molar-refractivity contribution < 1.29 is 9.84 Å². The first-order valence-electron chi connectivity index (χ1n) is 7.90. The fourth-order valence-corrected chi connectivity index (χ4v) is 3.26. The van der Waals surface area contributed by atoms with E-state index >= 15 is 0 Å². The lowest BCUT2D eigenvalue weighted by Gasteiger charge is -2.42. The summed E-state index contributed by atoms with van der Waals surface area (Å²) >= 11 is 0. The van der Waals surface area contributed by atoms with Gasteiger partial charge in [-0.15, -0.1) is 0 Å². The second kappa shape index (κ2) is 7.78. The smallest absolute Gasteiger partial charge is 0.115 e. The number of piperidine rings is 1. The van der Waals surface area contributed by atoms with E-state index in [4.69, 9.17) is 10.5 Å². The molecule has 1 aliphatic heterocycles. The molecule has 3 atom stereocenters. The van der Waals surface area contributed by atoms with Crippen molar-refractivity contribution in [3.63, 3.8) is 0 Å². The van der Waals surface area contributed by atoms with Gasteiger partial charge >= 0.3 is 0 Å². The molecule has 1 aromatic carbocycles. The van der Waals surface area contributed by atoms with Gasteiger partial charge in [-0.2, -0.15) is 0 Å². The Morgan fingerprint density at radius 1 is 1.38 bits per heavy atom. The quantitative estimate of drug-likeness (QED) is 0.843. The Labute approximate surface area is 127 Å².